The van der Waals surface area contributed by atoms with Crippen LogP contribution in [0.4, 0.5) is 30.2 Å². The van der Waals surface area contributed by atoms with E-state index in [4.69, 9.17) is 5.73 Å². The number of nitrogen functional groups attached to an aromatic ring is 1. The summed E-state index contributed by atoms with van der Waals surface area (Å²) >= 11 is 3.11. The lowest BCUT2D eigenvalue weighted by Gasteiger charge is -2.12. The maximum absolute atomic E-state index is 13.6. The van der Waals surface area contributed by atoms with Gasteiger partial charge in [0.05, 0.1) is 11.4 Å². The second-order valence-corrected chi connectivity index (χ2v) is 4.40. The van der Waals surface area contributed by atoms with Crippen LogP contribution in [0.15, 0.2) is 34.8 Å². The number of benzene rings is 2. The Hall–Kier alpha value is -1.69. The minimum Gasteiger partial charge on any atom is -0.397 e. The number of nitrogens with one attached hydrogen (secondary N) is 1. The Bertz CT molecular complexity index is 582. The number of nitrogens with two attached hydrogens (primary N) is 1. The molecule has 0 radical (unpaired) electrons. The van der Waals surface area contributed by atoms with Gasteiger partial charge in [0.2, 0.25) is 0 Å². The molecule has 0 aliphatic carbocycles. The minimum absolute atomic E-state index is 0.00583. The van der Waals surface area contributed by atoms with Gasteiger partial charge in [0, 0.05) is 4.47 Å². The highest BCUT2D eigenvalue weighted by molar-refractivity contribution is 9.10. The Morgan fingerprint density at radius 1 is 0.944 bits per heavy atom. The van der Waals surface area contributed by atoms with Crippen LogP contribution < -0.4 is 11.1 Å². The Kier molecular flexibility index (Phi) is 3.47. The van der Waals surface area contributed by atoms with Crippen LogP contribution in [-0.4, -0.2) is 0 Å². The average Bonchev–Trinajstić information content (AvgIpc) is 2.33. The SMILES string of the molecule is Nc1ccc(F)c(F)c1Nc1c(F)cccc1Br. The number of hydrogen-bond acceptors (Lipinski definition) is 2. The van der Waals surface area contributed by atoms with E-state index in [0.29, 0.717) is 4.47 Å². The molecule has 0 spiro atoms. The molecule has 0 atom stereocenters. The number of halogens is 4. The third-order valence-electron chi connectivity index (χ3n) is 2.34. The van der Waals surface area contributed by atoms with Crippen molar-refractivity contribution >= 4 is 33.0 Å². The van der Waals surface area contributed by atoms with Crippen molar-refractivity contribution in [2.75, 3.05) is 11.1 Å². The molecule has 94 valence electrons. The average molecular weight is 317 g/mol. The van der Waals surface area contributed by atoms with Crippen molar-refractivity contribution in [1.29, 1.82) is 0 Å². The van der Waals surface area contributed by atoms with Crippen LogP contribution in [0, 0.1) is 17.5 Å². The van der Waals surface area contributed by atoms with Gasteiger partial charge in [0.25, 0.3) is 0 Å². The van der Waals surface area contributed by atoms with Crippen LogP contribution in [0.3, 0.4) is 0 Å². The Labute approximate surface area is 110 Å². The largest absolute Gasteiger partial charge is 0.397 e. The van der Waals surface area contributed by atoms with Crippen molar-refractivity contribution in [2.24, 2.45) is 0 Å². The van der Waals surface area contributed by atoms with E-state index >= 15 is 0 Å². The fraction of sp³-hybridized carbons (Fsp3) is 0. The first-order valence-corrected chi connectivity index (χ1v) is 5.74. The Morgan fingerprint density at radius 3 is 2.33 bits per heavy atom. The summed E-state index contributed by atoms with van der Waals surface area (Å²) in [4.78, 5) is 0. The van der Waals surface area contributed by atoms with Crippen molar-refractivity contribution in [3.8, 4) is 0 Å². The molecule has 0 aliphatic heterocycles. The molecule has 2 aromatic carbocycles. The quantitative estimate of drug-likeness (QED) is 0.815. The molecular formula is C12H8BrF3N2. The van der Waals surface area contributed by atoms with E-state index < -0.39 is 17.5 Å². The van der Waals surface area contributed by atoms with E-state index in [0.717, 1.165) is 6.07 Å². The number of anilines is 3. The third-order valence-corrected chi connectivity index (χ3v) is 3.00. The Balaban J connectivity index is 2.50. The maximum atomic E-state index is 13.6. The molecule has 0 saturated carbocycles. The summed E-state index contributed by atoms with van der Waals surface area (Å²) in [6.07, 6.45) is 0. The first-order chi connectivity index (χ1) is 8.50. The molecule has 2 rings (SSSR count). The van der Waals surface area contributed by atoms with Crippen LogP contribution in [0.5, 0.6) is 0 Å². The maximum Gasteiger partial charge on any atom is 0.184 e. The summed E-state index contributed by atoms with van der Waals surface area (Å²) in [6.45, 7) is 0. The fourth-order valence-electron chi connectivity index (χ4n) is 1.43. The van der Waals surface area contributed by atoms with Gasteiger partial charge in [-0.2, -0.15) is 0 Å². The molecule has 18 heavy (non-hydrogen) atoms. The summed E-state index contributed by atoms with van der Waals surface area (Å²) < 4.78 is 40.6. The molecule has 3 N–H and O–H groups in total. The van der Waals surface area contributed by atoms with E-state index in [2.05, 4.69) is 21.2 Å². The molecule has 2 aromatic rings. The van der Waals surface area contributed by atoms with Crippen molar-refractivity contribution in [2.45, 2.75) is 0 Å². The summed E-state index contributed by atoms with van der Waals surface area (Å²) in [5.41, 5.74) is 5.22. The molecule has 0 saturated heterocycles. The van der Waals surface area contributed by atoms with Gasteiger partial charge in [-0.25, -0.2) is 13.2 Å². The second kappa shape index (κ2) is 4.89. The van der Waals surface area contributed by atoms with Crippen molar-refractivity contribution in [3.05, 3.63) is 52.3 Å². The van der Waals surface area contributed by atoms with Crippen LogP contribution in [-0.2, 0) is 0 Å². The monoisotopic (exact) mass is 316 g/mol. The topological polar surface area (TPSA) is 38.0 Å². The standard InChI is InChI=1S/C12H8BrF3N2/c13-6-2-1-3-8(15)11(6)18-12-9(17)5-4-7(14)10(12)16/h1-5,18H,17H2. The highest BCUT2D eigenvalue weighted by Gasteiger charge is 2.15. The molecule has 0 aliphatic rings. The normalized spacial score (nSPS) is 10.4. The molecule has 0 fully saturated rings. The summed E-state index contributed by atoms with van der Waals surface area (Å²) in [5, 5.41) is 2.46. The lowest BCUT2D eigenvalue weighted by molar-refractivity contribution is 0.512. The van der Waals surface area contributed by atoms with E-state index in [9.17, 15) is 13.2 Å². The first kappa shape index (κ1) is 12.8. The van der Waals surface area contributed by atoms with Crippen LogP contribution in [0.1, 0.15) is 0 Å². The third kappa shape index (κ3) is 2.28. The van der Waals surface area contributed by atoms with Gasteiger partial charge in [-0.3, -0.25) is 0 Å². The van der Waals surface area contributed by atoms with Gasteiger partial charge in [-0.05, 0) is 40.2 Å². The van der Waals surface area contributed by atoms with Gasteiger partial charge in [-0.1, -0.05) is 6.07 Å². The minimum atomic E-state index is -1.15. The fourth-order valence-corrected chi connectivity index (χ4v) is 1.88. The molecular weight excluding hydrogens is 309 g/mol. The zero-order valence-corrected chi connectivity index (χ0v) is 10.6. The molecule has 0 bridgehead atoms. The van der Waals surface area contributed by atoms with Crippen LogP contribution in [0.25, 0.3) is 0 Å². The highest BCUT2D eigenvalue weighted by Crippen LogP contribution is 2.33. The van der Waals surface area contributed by atoms with Gasteiger partial charge in [-0.15, -0.1) is 0 Å². The lowest BCUT2D eigenvalue weighted by atomic mass is 10.2. The van der Waals surface area contributed by atoms with Crippen molar-refractivity contribution < 1.29 is 13.2 Å². The highest BCUT2D eigenvalue weighted by atomic mass is 79.9. The summed E-state index contributed by atoms with van der Waals surface area (Å²) in [5.74, 6) is -2.81. The van der Waals surface area contributed by atoms with Gasteiger partial charge in [0.1, 0.15) is 11.5 Å². The van der Waals surface area contributed by atoms with Crippen LogP contribution >= 0.6 is 15.9 Å². The molecule has 0 unspecified atom stereocenters. The van der Waals surface area contributed by atoms with Gasteiger partial charge >= 0.3 is 0 Å². The zero-order valence-electron chi connectivity index (χ0n) is 8.98. The molecule has 0 amide bonds. The van der Waals surface area contributed by atoms with Gasteiger partial charge < -0.3 is 11.1 Å². The van der Waals surface area contributed by atoms with E-state index in [1.54, 1.807) is 6.07 Å². The van der Waals surface area contributed by atoms with Gasteiger partial charge in [0.15, 0.2) is 11.6 Å². The predicted molar refractivity (Wildman–Crippen MR) is 68.2 cm³/mol. The molecule has 2 nitrogen and oxygen atoms in total. The Morgan fingerprint density at radius 2 is 1.67 bits per heavy atom. The van der Waals surface area contributed by atoms with E-state index in [1.165, 1.54) is 18.2 Å². The van der Waals surface area contributed by atoms with E-state index in [-0.39, 0.29) is 17.1 Å². The summed E-state index contributed by atoms with van der Waals surface area (Å²) in [7, 11) is 0. The number of hydrogen-bond donors (Lipinski definition) is 2. The zero-order chi connectivity index (χ0) is 13.3. The number of rotatable bonds is 2. The molecule has 0 aromatic heterocycles. The molecule has 6 heteroatoms. The lowest BCUT2D eigenvalue weighted by Crippen LogP contribution is -2.03. The smallest absolute Gasteiger partial charge is 0.184 e. The second-order valence-electron chi connectivity index (χ2n) is 3.55. The molecule has 0 heterocycles. The van der Waals surface area contributed by atoms with Crippen molar-refractivity contribution in [1.82, 2.24) is 0 Å². The number of para-hydroxylation sites is 1. The van der Waals surface area contributed by atoms with E-state index in [1.807, 2.05) is 0 Å². The predicted octanol–water partition coefficient (Wildman–Crippen LogP) is 4.19. The van der Waals surface area contributed by atoms with Crippen LogP contribution in [0.2, 0.25) is 0 Å². The summed E-state index contributed by atoms with van der Waals surface area (Å²) in [6, 6.07) is 6.36. The van der Waals surface area contributed by atoms with Crippen molar-refractivity contribution in [3.63, 3.8) is 0 Å². The first-order valence-electron chi connectivity index (χ1n) is 4.95.